The van der Waals surface area contributed by atoms with Crippen molar-refractivity contribution in [3.05, 3.63) is 52.8 Å². The number of aromatic nitrogens is 2. The Hall–Kier alpha value is -2.14. The van der Waals surface area contributed by atoms with E-state index in [-0.39, 0.29) is 18.1 Å². The highest BCUT2D eigenvalue weighted by molar-refractivity contribution is 5.94. The molecule has 2 heterocycles. The minimum Gasteiger partial charge on any atom is -0.370 e. The van der Waals surface area contributed by atoms with Gasteiger partial charge in [-0.05, 0) is 31.9 Å². The SMILES string of the molecule is Cc1ccc(C)c([C@@H]2CN(C(=O)c3cn[nH]c3)[C@@H](C)CO2)c1. The summed E-state index contributed by atoms with van der Waals surface area (Å²) in [5, 5.41) is 6.56. The molecule has 0 bridgehead atoms. The predicted molar refractivity (Wildman–Crippen MR) is 83.7 cm³/mol. The van der Waals surface area contributed by atoms with Gasteiger partial charge in [0.15, 0.2) is 0 Å². The molecule has 1 saturated heterocycles. The summed E-state index contributed by atoms with van der Waals surface area (Å²) in [6.45, 7) is 7.27. The van der Waals surface area contributed by atoms with Gasteiger partial charge in [-0.2, -0.15) is 5.10 Å². The number of ether oxygens (including phenoxy) is 1. The molecule has 2 atom stereocenters. The van der Waals surface area contributed by atoms with Crippen molar-refractivity contribution >= 4 is 5.91 Å². The summed E-state index contributed by atoms with van der Waals surface area (Å²) in [4.78, 5) is 14.5. The molecular weight excluding hydrogens is 278 g/mol. The molecule has 0 aliphatic carbocycles. The van der Waals surface area contributed by atoms with Crippen LogP contribution in [0.5, 0.6) is 0 Å². The van der Waals surface area contributed by atoms with Gasteiger partial charge in [-0.1, -0.05) is 23.8 Å². The van der Waals surface area contributed by atoms with Crippen LogP contribution in [0.2, 0.25) is 0 Å². The van der Waals surface area contributed by atoms with Gasteiger partial charge < -0.3 is 9.64 Å². The van der Waals surface area contributed by atoms with E-state index in [1.54, 1.807) is 12.4 Å². The van der Waals surface area contributed by atoms with Crippen LogP contribution in [0.3, 0.4) is 0 Å². The lowest BCUT2D eigenvalue weighted by Gasteiger charge is -2.38. The first-order valence-corrected chi connectivity index (χ1v) is 7.54. The van der Waals surface area contributed by atoms with E-state index in [2.05, 4.69) is 42.2 Å². The van der Waals surface area contributed by atoms with Crippen molar-refractivity contribution in [2.24, 2.45) is 0 Å². The van der Waals surface area contributed by atoms with Gasteiger partial charge in [-0.15, -0.1) is 0 Å². The molecule has 1 aliphatic heterocycles. The number of amides is 1. The third-order valence-electron chi connectivity index (χ3n) is 4.22. The first-order valence-electron chi connectivity index (χ1n) is 7.54. The van der Waals surface area contributed by atoms with Gasteiger partial charge in [0.25, 0.3) is 5.91 Å². The number of aromatic amines is 1. The van der Waals surface area contributed by atoms with Crippen molar-refractivity contribution < 1.29 is 9.53 Å². The molecule has 2 aromatic rings. The van der Waals surface area contributed by atoms with E-state index in [0.717, 1.165) is 5.56 Å². The van der Waals surface area contributed by atoms with E-state index in [9.17, 15) is 4.79 Å². The maximum atomic E-state index is 12.6. The number of nitrogens with one attached hydrogen (secondary N) is 1. The van der Waals surface area contributed by atoms with E-state index in [0.29, 0.717) is 18.7 Å². The zero-order valence-corrected chi connectivity index (χ0v) is 13.2. The van der Waals surface area contributed by atoms with Crippen molar-refractivity contribution in [1.82, 2.24) is 15.1 Å². The summed E-state index contributed by atoms with van der Waals surface area (Å²) in [7, 11) is 0. The summed E-state index contributed by atoms with van der Waals surface area (Å²) in [5.41, 5.74) is 4.15. The van der Waals surface area contributed by atoms with Crippen molar-refractivity contribution in [2.75, 3.05) is 13.2 Å². The third-order valence-corrected chi connectivity index (χ3v) is 4.22. The maximum Gasteiger partial charge on any atom is 0.257 e. The van der Waals surface area contributed by atoms with Gasteiger partial charge in [-0.25, -0.2) is 0 Å². The van der Waals surface area contributed by atoms with Crippen LogP contribution in [-0.2, 0) is 4.74 Å². The normalized spacial score (nSPS) is 21.9. The summed E-state index contributed by atoms with van der Waals surface area (Å²) in [6, 6.07) is 6.41. The molecule has 0 radical (unpaired) electrons. The van der Waals surface area contributed by atoms with Crippen LogP contribution in [0.25, 0.3) is 0 Å². The molecule has 0 saturated carbocycles. The second kappa shape index (κ2) is 5.93. The maximum absolute atomic E-state index is 12.6. The van der Waals surface area contributed by atoms with Crippen molar-refractivity contribution in [2.45, 2.75) is 32.9 Å². The Morgan fingerprint density at radius 3 is 2.95 bits per heavy atom. The van der Waals surface area contributed by atoms with Crippen LogP contribution in [0, 0.1) is 13.8 Å². The van der Waals surface area contributed by atoms with Gasteiger partial charge in [0.2, 0.25) is 0 Å². The van der Waals surface area contributed by atoms with Gasteiger partial charge in [0.1, 0.15) is 6.10 Å². The first kappa shape index (κ1) is 14.8. The van der Waals surface area contributed by atoms with Crippen LogP contribution < -0.4 is 0 Å². The van der Waals surface area contributed by atoms with Gasteiger partial charge in [0.05, 0.1) is 31.0 Å². The fourth-order valence-electron chi connectivity index (χ4n) is 2.87. The lowest BCUT2D eigenvalue weighted by atomic mass is 9.98. The number of H-pyrrole nitrogens is 1. The Kier molecular flexibility index (Phi) is 3.98. The zero-order chi connectivity index (χ0) is 15.7. The number of nitrogens with zero attached hydrogens (tertiary/aromatic N) is 2. The van der Waals surface area contributed by atoms with Crippen LogP contribution in [0.15, 0.2) is 30.6 Å². The van der Waals surface area contributed by atoms with Crippen LogP contribution in [0.4, 0.5) is 0 Å². The van der Waals surface area contributed by atoms with Crippen molar-refractivity contribution in [1.29, 1.82) is 0 Å². The molecule has 5 nitrogen and oxygen atoms in total. The first-order chi connectivity index (χ1) is 10.6. The molecule has 3 rings (SSSR count). The molecule has 5 heteroatoms. The molecule has 1 N–H and O–H groups in total. The number of carbonyl (C=O) groups excluding carboxylic acids is 1. The molecule has 0 spiro atoms. The summed E-state index contributed by atoms with van der Waals surface area (Å²) < 4.78 is 5.99. The molecule has 1 aromatic carbocycles. The topological polar surface area (TPSA) is 58.2 Å². The van der Waals surface area contributed by atoms with Crippen molar-refractivity contribution in [3.8, 4) is 0 Å². The number of carbonyl (C=O) groups is 1. The molecular formula is C17H21N3O2. The molecule has 0 unspecified atom stereocenters. The lowest BCUT2D eigenvalue weighted by molar-refractivity contribution is -0.0489. The Bertz CT molecular complexity index is 667. The monoisotopic (exact) mass is 299 g/mol. The zero-order valence-electron chi connectivity index (χ0n) is 13.2. The van der Waals surface area contributed by atoms with E-state index in [4.69, 9.17) is 4.74 Å². The standard InChI is InChI=1S/C17H21N3O2/c1-11-4-5-12(2)15(6-11)16-9-20(13(3)10-22-16)17(21)14-7-18-19-8-14/h4-8,13,16H,9-10H2,1-3H3,(H,18,19)/t13-,16-/m0/s1. The number of hydrogen-bond acceptors (Lipinski definition) is 3. The molecule has 1 aliphatic rings. The minimum atomic E-state index is -0.0769. The fourth-order valence-corrected chi connectivity index (χ4v) is 2.87. The number of benzene rings is 1. The highest BCUT2D eigenvalue weighted by Gasteiger charge is 2.32. The summed E-state index contributed by atoms with van der Waals surface area (Å²) in [5.74, 6) is -0.000133. The second-order valence-electron chi connectivity index (χ2n) is 5.98. The molecule has 22 heavy (non-hydrogen) atoms. The highest BCUT2D eigenvalue weighted by Crippen LogP contribution is 2.28. The van der Waals surface area contributed by atoms with Crippen LogP contribution in [-0.4, -0.2) is 40.2 Å². The average Bonchev–Trinajstić information content (AvgIpc) is 3.04. The van der Waals surface area contributed by atoms with Crippen LogP contribution >= 0.6 is 0 Å². The van der Waals surface area contributed by atoms with Gasteiger partial charge >= 0.3 is 0 Å². The number of rotatable bonds is 2. The van der Waals surface area contributed by atoms with Crippen molar-refractivity contribution in [3.63, 3.8) is 0 Å². The Morgan fingerprint density at radius 2 is 2.23 bits per heavy atom. The lowest BCUT2D eigenvalue weighted by Crippen LogP contribution is -2.48. The summed E-state index contributed by atoms with van der Waals surface area (Å²) >= 11 is 0. The quantitative estimate of drug-likeness (QED) is 0.927. The van der Waals surface area contributed by atoms with E-state index in [1.807, 2.05) is 11.8 Å². The third kappa shape index (κ3) is 2.76. The summed E-state index contributed by atoms with van der Waals surface area (Å²) in [6.07, 6.45) is 3.13. The molecule has 1 aromatic heterocycles. The predicted octanol–water partition coefficient (Wildman–Crippen LogP) is 2.63. The van der Waals surface area contributed by atoms with E-state index >= 15 is 0 Å². The number of aryl methyl sites for hydroxylation is 2. The molecule has 116 valence electrons. The van der Waals surface area contributed by atoms with Gasteiger partial charge in [-0.3, -0.25) is 9.89 Å². The average molecular weight is 299 g/mol. The van der Waals surface area contributed by atoms with E-state index in [1.165, 1.54) is 11.1 Å². The Labute approximate surface area is 130 Å². The largest absolute Gasteiger partial charge is 0.370 e. The van der Waals surface area contributed by atoms with Crippen LogP contribution in [0.1, 0.15) is 40.1 Å². The van der Waals surface area contributed by atoms with Gasteiger partial charge in [0, 0.05) is 6.20 Å². The number of hydrogen-bond donors (Lipinski definition) is 1. The molecule has 1 amide bonds. The molecule has 1 fully saturated rings. The van der Waals surface area contributed by atoms with E-state index < -0.39 is 0 Å². The Morgan fingerprint density at radius 1 is 1.41 bits per heavy atom. The minimum absolute atomic E-state index is 0.000133. The Balaban J connectivity index is 1.84. The second-order valence-corrected chi connectivity index (χ2v) is 5.98. The fraction of sp³-hybridized carbons (Fsp3) is 0.412. The highest BCUT2D eigenvalue weighted by atomic mass is 16.5. The number of morpholine rings is 1. The smallest absolute Gasteiger partial charge is 0.257 e.